The Bertz CT molecular complexity index is 610. The molecule has 1 fully saturated rings. The van der Waals surface area contributed by atoms with E-state index < -0.39 is 5.97 Å². The molecule has 1 aromatic rings. The Labute approximate surface area is 155 Å². The van der Waals surface area contributed by atoms with E-state index in [0.29, 0.717) is 23.9 Å². The van der Waals surface area contributed by atoms with E-state index in [1.54, 1.807) is 12.1 Å². The van der Waals surface area contributed by atoms with Gasteiger partial charge in [-0.2, -0.15) is 0 Å². The molecule has 6 nitrogen and oxygen atoms in total. The summed E-state index contributed by atoms with van der Waals surface area (Å²) in [7, 11) is 4.71. The molecule has 1 saturated carbocycles. The van der Waals surface area contributed by atoms with Crippen molar-refractivity contribution in [1.29, 1.82) is 0 Å². The molecule has 144 valence electrons. The highest BCUT2D eigenvalue weighted by Crippen LogP contribution is 2.22. The summed E-state index contributed by atoms with van der Waals surface area (Å²) < 4.78 is 9.98. The predicted octanol–water partition coefficient (Wildman–Crippen LogP) is 3.74. The van der Waals surface area contributed by atoms with Crippen LogP contribution in [0.2, 0.25) is 0 Å². The Morgan fingerprint density at radius 3 is 2.38 bits per heavy atom. The van der Waals surface area contributed by atoms with E-state index in [4.69, 9.17) is 9.47 Å². The number of methoxy groups -OCH3 is 2. The van der Waals surface area contributed by atoms with Crippen LogP contribution in [-0.4, -0.2) is 44.2 Å². The van der Waals surface area contributed by atoms with Crippen molar-refractivity contribution in [2.45, 2.75) is 57.5 Å². The van der Waals surface area contributed by atoms with Gasteiger partial charge < -0.3 is 19.7 Å². The quantitative estimate of drug-likeness (QED) is 0.810. The molecule has 0 atom stereocenters. The molecule has 2 rings (SSSR count). The number of nitrogens with one attached hydrogen (secondary N) is 1. The first-order chi connectivity index (χ1) is 12.6. The van der Waals surface area contributed by atoms with Gasteiger partial charge in [-0.05, 0) is 30.5 Å². The van der Waals surface area contributed by atoms with Crippen molar-refractivity contribution in [3.63, 3.8) is 0 Å². The molecular formula is C20H30N2O4. The highest BCUT2D eigenvalue weighted by atomic mass is 16.5. The summed E-state index contributed by atoms with van der Waals surface area (Å²) in [6, 6.07) is 5.47. The lowest BCUT2D eigenvalue weighted by atomic mass is 9.96. The van der Waals surface area contributed by atoms with Crippen LogP contribution >= 0.6 is 0 Å². The maximum absolute atomic E-state index is 12.5. The van der Waals surface area contributed by atoms with Gasteiger partial charge in [-0.15, -0.1) is 0 Å². The zero-order chi connectivity index (χ0) is 18.9. The first kappa shape index (κ1) is 20.1. The number of ether oxygens (including phenoxy) is 2. The number of carbonyl (C=O) groups is 2. The Balaban J connectivity index is 1.96. The van der Waals surface area contributed by atoms with Gasteiger partial charge in [0.25, 0.3) is 0 Å². The van der Waals surface area contributed by atoms with Gasteiger partial charge in [0.2, 0.25) is 0 Å². The molecule has 0 spiro atoms. The number of hydrogen-bond acceptors (Lipinski definition) is 4. The molecule has 0 aromatic heterocycles. The number of urea groups is 1. The second-order valence-corrected chi connectivity index (χ2v) is 6.79. The molecule has 0 heterocycles. The largest absolute Gasteiger partial charge is 0.496 e. The van der Waals surface area contributed by atoms with E-state index in [1.165, 1.54) is 46.3 Å². The summed E-state index contributed by atoms with van der Waals surface area (Å²) in [6.45, 7) is 0.351. The molecular weight excluding hydrogens is 332 g/mol. The van der Waals surface area contributed by atoms with E-state index in [1.807, 2.05) is 18.0 Å². The third-order valence-corrected chi connectivity index (χ3v) is 5.06. The summed E-state index contributed by atoms with van der Waals surface area (Å²) in [6.07, 6.45) is 8.33. The summed E-state index contributed by atoms with van der Waals surface area (Å²) >= 11 is 0. The highest BCUT2D eigenvalue weighted by Gasteiger charge is 2.20. The van der Waals surface area contributed by atoms with Gasteiger partial charge in [-0.3, -0.25) is 0 Å². The number of hydrogen-bond donors (Lipinski definition) is 1. The summed E-state index contributed by atoms with van der Waals surface area (Å²) in [4.78, 5) is 26.2. The van der Waals surface area contributed by atoms with Crippen LogP contribution in [0.15, 0.2) is 18.2 Å². The highest BCUT2D eigenvalue weighted by molar-refractivity contribution is 5.92. The lowest BCUT2D eigenvalue weighted by Gasteiger charge is -2.30. The normalized spacial score (nSPS) is 15.5. The van der Waals surface area contributed by atoms with Crippen LogP contribution in [0, 0.1) is 0 Å². The van der Waals surface area contributed by atoms with Crippen LogP contribution in [0.5, 0.6) is 5.75 Å². The van der Waals surface area contributed by atoms with Crippen LogP contribution in [0.3, 0.4) is 0 Å². The van der Waals surface area contributed by atoms with Crippen molar-refractivity contribution in [2.75, 3.05) is 21.3 Å². The van der Waals surface area contributed by atoms with Gasteiger partial charge in [-0.25, -0.2) is 9.59 Å². The monoisotopic (exact) mass is 362 g/mol. The fraction of sp³-hybridized carbons (Fsp3) is 0.600. The fourth-order valence-corrected chi connectivity index (χ4v) is 3.42. The minimum atomic E-state index is -0.457. The van der Waals surface area contributed by atoms with Gasteiger partial charge in [0.15, 0.2) is 0 Å². The van der Waals surface area contributed by atoms with Crippen LogP contribution in [0.4, 0.5) is 4.79 Å². The summed E-state index contributed by atoms with van der Waals surface area (Å²) in [5, 5.41) is 2.95. The number of esters is 1. The average Bonchev–Trinajstić information content (AvgIpc) is 2.64. The molecule has 0 unspecified atom stereocenters. The van der Waals surface area contributed by atoms with E-state index >= 15 is 0 Å². The molecule has 0 radical (unpaired) electrons. The van der Waals surface area contributed by atoms with Crippen LogP contribution in [0.25, 0.3) is 0 Å². The van der Waals surface area contributed by atoms with Crippen molar-refractivity contribution >= 4 is 12.0 Å². The summed E-state index contributed by atoms with van der Waals surface area (Å²) in [5.41, 5.74) is 1.18. The van der Waals surface area contributed by atoms with E-state index in [9.17, 15) is 9.59 Å². The van der Waals surface area contributed by atoms with Crippen molar-refractivity contribution in [3.05, 3.63) is 29.3 Å². The lowest BCUT2D eigenvalue weighted by molar-refractivity contribution is 0.0597. The summed E-state index contributed by atoms with van der Waals surface area (Å²) in [5.74, 6) is 0.000214. The Morgan fingerprint density at radius 1 is 1.12 bits per heavy atom. The zero-order valence-electron chi connectivity index (χ0n) is 16.0. The third kappa shape index (κ3) is 5.38. The van der Waals surface area contributed by atoms with Gasteiger partial charge in [0.1, 0.15) is 11.3 Å². The Morgan fingerprint density at radius 2 is 1.77 bits per heavy atom. The first-order valence-electron chi connectivity index (χ1n) is 9.32. The SMILES string of the molecule is COC(=O)c1cc(CNC(=O)N(C)C2CCCCCCC2)ccc1OC. The molecule has 1 N–H and O–H groups in total. The second kappa shape index (κ2) is 10.0. The maximum atomic E-state index is 12.5. The van der Waals surface area contributed by atoms with Crippen LogP contribution in [-0.2, 0) is 11.3 Å². The Hall–Kier alpha value is -2.24. The Kier molecular flexibility index (Phi) is 7.75. The molecule has 0 saturated heterocycles. The molecule has 1 aliphatic rings. The van der Waals surface area contributed by atoms with Crippen LogP contribution < -0.4 is 10.1 Å². The third-order valence-electron chi connectivity index (χ3n) is 5.06. The minimum Gasteiger partial charge on any atom is -0.496 e. The molecule has 6 heteroatoms. The average molecular weight is 362 g/mol. The fourth-order valence-electron chi connectivity index (χ4n) is 3.42. The van der Waals surface area contributed by atoms with Crippen molar-refractivity contribution < 1.29 is 19.1 Å². The minimum absolute atomic E-state index is 0.0778. The van der Waals surface area contributed by atoms with Gasteiger partial charge in [0, 0.05) is 19.6 Å². The molecule has 0 bridgehead atoms. The standard InChI is InChI=1S/C20H30N2O4/c1-22(16-9-7-5-4-6-8-10-16)20(24)21-14-15-11-12-18(25-2)17(13-15)19(23)26-3/h11-13,16H,4-10,14H2,1-3H3,(H,21,24). The molecule has 1 aromatic carbocycles. The molecule has 0 aliphatic heterocycles. The molecule has 2 amide bonds. The number of benzene rings is 1. The van der Waals surface area contributed by atoms with Gasteiger partial charge >= 0.3 is 12.0 Å². The van der Waals surface area contributed by atoms with Crippen molar-refractivity contribution in [3.8, 4) is 5.75 Å². The van der Waals surface area contributed by atoms with Crippen LogP contribution in [0.1, 0.15) is 60.9 Å². The topological polar surface area (TPSA) is 67.9 Å². The van der Waals surface area contributed by atoms with E-state index in [2.05, 4.69) is 5.32 Å². The number of carbonyl (C=O) groups excluding carboxylic acids is 2. The smallest absolute Gasteiger partial charge is 0.341 e. The lowest BCUT2D eigenvalue weighted by Crippen LogP contribution is -2.43. The predicted molar refractivity (Wildman–Crippen MR) is 100 cm³/mol. The van der Waals surface area contributed by atoms with Gasteiger partial charge in [0.05, 0.1) is 14.2 Å². The van der Waals surface area contributed by atoms with E-state index in [0.717, 1.165) is 18.4 Å². The van der Waals surface area contributed by atoms with E-state index in [-0.39, 0.29) is 6.03 Å². The van der Waals surface area contributed by atoms with Crippen molar-refractivity contribution in [1.82, 2.24) is 10.2 Å². The maximum Gasteiger partial charge on any atom is 0.341 e. The second-order valence-electron chi connectivity index (χ2n) is 6.79. The zero-order valence-corrected chi connectivity index (χ0v) is 16.0. The first-order valence-corrected chi connectivity index (χ1v) is 9.32. The molecule has 1 aliphatic carbocycles. The van der Waals surface area contributed by atoms with Gasteiger partial charge in [-0.1, -0.05) is 38.2 Å². The molecule has 26 heavy (non-hydrogen) atoms. The van der Waals surface area contributed by atoms with Crippen molar-refractivity contribution in [2.24, 2.45) is 0 Å². The number of amides is 2. The number of rotatable bonds is 5. The number of nitrogens with zero attached hydrogens (tertiary/aromatic N) is 1.